The van der Waals surface area contributed by atoms with E-state index in [9.17, 15) is 9.59 Å². The van der Waals surface area contributed by atoms with Crippen molar-refractivity contribution in [3.8, 4) is 0 Å². The van der Waals surface area contributed by atoms with E-state index in [1.54, 1.807) is 11.8 Å². The fourth-order valence-electron chi connectivity index (χ4n) is 3.07. The van der Waals surface area contributed by atoms with Crippen LogP contribution in [-0.4, -0.2) is 23.3 Å². The smallest absolute Gasteiger partial charge is 0.410 e. The highest BCUT2D eigenvalue weighted by atomic mass is 16.6. The van der Waals surface area contributed by atoms with Crippen molar-refractivity contribution in [2.75, 3.05) is 6.54 Å². The van der Waals surface area contributed by atoms with Gasteiger partial charge in [-0.05, 0) is 30.9 Å². The molecule has 124 valence electrons. The first-order valence-corrected chi connectivity index (χ1v) is 8.23. The molecule has 1 amide bonds. The zero-order valence-electron chi connectivity index (χ0n) is 13.8. The van der Waals surface area contributed by atoms with Gasteiger partial charge in [-0.1, -0.05) is 54.6 Å². The van der Waals surface area contributed by atoms with E-state index in [1.807, 2.05) is 54.6 Å². The van der Waals surface area contributed by atoms with E-state index in [0.717, 1.165) is 24.0 Å². The van der Waals surface area contributed by atoms with Crippen LogP contribution in [0.15, 0.2) is 54.6 Å². The minimum atomic E-state index is -0.281. The normalized spacial score (nSPS) is 16.9. The van der Waals surface area contributed by atoms with Crippen molar-refractivity contribution in [1.82, 2.24) is 4.90 Å². The number of benzene rings is 2. The number of carbonyl (C=O) groups excluding carboxylic acids is 2. The van der Waals surface area contributed by atoms with Gasteiger partial charge in [0.05, 0.1) is 6.04 Å². The molecule has 1 aliphatic heterocycles. The molecule has 0 saturated carbocycles. The van der Waals surface area contributed by atoms with Gasteiger partial charge in [0.1, 0.15) is 6.61 Å². The molecular formula is C20H21NO3. The predicted octanol–water partition coefficient (Wildman–Crippen LogP) is 4.36. The van der Waals surface area contributed by atoms with Crippen molar-refractivity contribution in [1.29, 1.82) is 0 Å². The lowest BCUT2D eigenvalue weighted by Crippen LogP contribution is -2.31. The molecule has 1 saturated heterocycles. The van der Waals surface area contributed by atoms with Crippen molar-refractivity contribution in [3.63, 3.8) is 0 Å². The maximum Gasteiger partial charge on any atom is 0.410 e. The molecule has 0 N–H and O–H groups in total. The van der Waals surface area contributed by atoms with Crippen LogP contribution < -0.4 is 0 Å². The SMILES string of the molecule is CC(=O)c1ccc([C@@H]2CCCN2C(=O)OCc2ccccc2)cc1. The number of hydrogen-bond donors (Lipinski definition) is 0. The summed E-state index contributed by atoms with van der Waals surface area (Å²) in [5.41, 5.74) is 2.72. The number of hydrogen-bond acceptors (Lipinski definition) is 3. The quantitative estimate of drug-likeness (QED) is 0.785. The molecule has 4 nitrogen and oxygen atoms in total. The molecular weight excluding hydrogens is 302 g/mol. The largest absolute Gasteiger partial charge is 0.445 e. The Morgan fingerprint density at radius 2 is 1.79 bits per heavy atom. The lowest BCUT2D eigenvalue weighted by Gasteiger charge is -2.24. The Balaban J connectivity index is 1.66. The van der Waals surface area contributed by atoms with Gasteiger partial charge in [0.25, 0.3) is 0 Å². The van der Waals surface area contributed by atoms with Gasteiger partial charge >= 0.3 is 6.09 Å². The minimum Gasteiger partial charge on any atom is -0.445 e. The number of rotatable bonds is 4. The van der Waals surface area contributed by atoms with E-state index >= 15 is 0 Å². The number of ether oxygens (including phenoxy) is 1. The van der Waals surface area contributed by atoms with E-state index in [2.05, 4.69) is 0 Å². The van der Waals surface area contributed by atoms with E-state index < -0.39 is 0 Å². The summed E-state index contributed by atoms with van der Waals surface area (Å²) in [6.07, 6.45) is 1.59. The van der Waals surface area contributed by atoms with Gasteiger partial charge in [-0.25, -0.2) is 4.79 Å². The molecule has 1 heterocycles. The van der Waals surface area contributed by atoms with Gasteiger partial charge in [-0.3, -0.25) is 4.79 Å². The number of carbonyl (C=O) groups is 2. The number of nitrogens with zero attached hydrogens (tertiary/aromatic N) is 1. The van der Waals surface area contributed by atoms with Crippen LogP contribution in [0, 0.1) is 0 Å². The molecule has 3 rings (SSSR count). The molecule has 4 heteroatoms. The van der Waals surface area contributed by atoms with Crippen LogP contribution in [-0.2, 0) is 11.3 Å². The van der Waals surface area contributed by atoms with Crippen molar-refractivity contribution in [3.05, 3.63) is 71.3 Å². The Bertz CT molecular complexity index is 709. The fraction of sp³-hybridized carbons (Fsp3) is 0.300. The number of amides is 1. The lowest BCUT2D eigenvalue weighted by molar-refractivity contribution is 0.0919. The standard InChI is InChI=1S/C20H21NO3/c1-15(22)17-9-11-18(12-10-17)19-8-5-13-21(19)20(23)24-14-16-6-3-2-4-7-16/h2-4,6-7,9-12,19H,5,8,13-14H2,1H3/t19-/m0/s1. The van der Waals surface area contributed by atoms with Crippen LogP contribution in [0.3, 0.4) is 0 Å². The third kappa shape index (κ3) is 3.65. The summed E-state index contributed by atoms with van der Waals surface area (Å²) in [5, 5.41) is 0. The Labute approximate surface area is 142 Å². The Kier molecular flexibility index (Phi) is 4.94. The topological polar surface area (TPSA) is 46.6 Å². The first kappa shape index (κ1) is 16.2. The van der Waals surface area contributed by atoms with Crippen molar-refractivity contribution in [2.45, 2.75) is 32.4 Å². The third-order valence-electron chi connectivity index (χ3n) is 4.39. The monoisotopic (exact) mass is 323 g/mol. The minimum absolute atomic E-state index is 0.0225. The molecule has 0 bridgehead atoms. The Morgan fingerprint density at radius 1 is 1.08 bits per heavy atom. The van der Waals surface area contributed by atoms with E-state index in [0.29, 0.717) is 12.1 Å². The lowest BCUT2D eigenvalue weighted by atomic mass is 10.0. The molecule has 2 aromatic carbocycles. The summed E-state index contributed by atoms with van der Waals surface area (Å²) in [6, 6.07) is 17.2. The molecule has 1 atom stereocenters. The summed E-state index contributed by atoms with van der Waals surface area (Å²) in [4.78, 5) is 25.6. The highest BCUT2D eigenvalue weighted by molar-refractivity contribution is 5.94. The van der Waals surface area contributed by atoms with E-state index in [4.69, 9.17) is 4.74 Å². The van der Waals surface area contributed by atoms with Gasteiger partial charge in [0.15, 0.2) is 5.78 Å². The second-order valence-electron chi connectivity index (χ2n) is 6.07. The average molecular weight is 323 g/mol. The van der Waals surface area contributed by atoms with E-state index in [-0.39, 0.29) is 24.5 Å². The molecule has 1 aliphatic rings. The average Bonchev–Trinajstić information content (AvgIpc) is 3.10. The summed E-state index contributed by atoms with van der Waals surface area (Å²) in [7, 11) is 0. The predicted molar refractivity (Wildman–Crippen MR) is 91.8 cm³/mol. The molecule has 1 fully saturated rings. The van der Waals surface area contributed by atoms with Crippen molar-refractivity contribution in [2.24, 2.45) is 0 Å². The van der Waals surface area contributed by atoms with Crippen LogP contribution in [0.1, 0.15) is 47.3 Å². The van der Waals surface area contributed by atoms with Crippen molar-refractivity contribution >= 4 is 11.9 Å². The van der Waals surface area contributed by atoms with Crippen molar-refractivity contribution < 1.29 is 14.3 Å². The molecule has 0 unspecified atom stereocenters. The second kappa shape index (κ2) is 7.30. The summed E-state index contributed by atoms with van der Waals surface area (Å²) < 4.78 is 5.46. The van der Waals surface area contributed by atoms with Crippen LogP contribution in [0.25, 0.3) is 0 Å². The maximum absolute atomic E-state index is 12.4. The van der Waals surface area contributed by atoms with Crippen LogP contribution in [0.5, 0.6) is 0 Å². The maximum atomic E-state index is 12.4. The first-order chi connectivity index (χ1) is 11.6. The molecule has 24 heavy (non-hydrogen) atoms. The van der Waals surface area contributed by atoms with E-state index in [1.165, 1.54) is 0 Å². The molecule has 0 aromatic heterocycles. The van der Waals surface area contributed by atoms with Crippen LogP contribution >= 0.6 is 0 Å². The highest BCUT2D eigenvalue weighted by Crippen LogP contribution is 2.32. The Morgan fingerprint density at radius 3 is 2.46 bits per heavy atom. The van der Waals surface area contributed by atoms with Gasteiger partial charge in [-0.15, -0.1) is 0 Å². The zero-order valence-corrected chi connectivity index (χ0v) is 13.8. The van der Waals surface area contributed by atoms with Gasteiger partial charge in [0.2, 0.25) is 0 Å². The zero-order chi connectivity index (χ0) is 16.9. The second-order valence-corrected chi connectivity index (χ2v) is 6.07. The number of Topliss-reactive ketones (excluding diaryl/α,β-unsaturated/α-hetero) is 1. The summed E-state index contributed by atoms with van der Waals surface area (Å²) in [6.45, 7) is 2.54. The van der Waals surface area contributed by atoms with Crippen LogP contribution in [0.2, 0.25) is 0 Å². The van der Waals surface area contributed by atoms with Crippen LogP contribution in [0.4, 0.5) is 4.79 Å². The third-order valence-corrected chi connectivity index (χ3v) is 4.39. The first-order valence-electron chi connectivity index (χ1n) is 8.23. The van der Waals surface area contributed by atoms with Gasteiger partial charge in [-0.2, -0.15) is 0 Å². The summed E-state index contributed by atoms with van der Waals surface area (Å²) in [5.74, 6) is 0.0482. The molecule has 0 aliphatic carbocycles. The highest BCUT2D eigenvalue weighted by Gasteiger charge is 2.31. The number of ketones is 1. The molecule has 0 radical (unpaired) electrons. The number of likely N-dealkylation sites (tertiary alicyclic amines) is 1. The van der Waals surface area contributed by atoms with Gasteiger partial charge in [0, 0.05) is 12.1 Å². The van der Waals surface area contributed by atoms with Gasteiger partial charge < -0.3 is 9.64 Å². The molecule has 2 aromatic rings. The fourth-order valence-corrected chi connectivity index (χ4v) is 3.07. The molecule has 0 spiro atoms. The summed E-state index contributed by atoms with van der Waals surface area (Å²) >= 11 is 0. The Hall–Kier alpha value is -2.62.